The van der Waals surface area contributed by atoms with Gasteiger partial charge in [-0.2, -0.15) is 0 Å². The number of benzene rings is 1. The normalized spacial score (nSPS) is 22.6. The van der Waals surface area contributed by atoms with Gasteiger partial charge in [0.2, 0.25) is 0 Å². The van der Waals surface area contributed by atoms with E-state index >= 15 is 0 Å². The van der Waals surface area contributed by atoms with Crippen LogP contribution >= 0.6 is 0 Å². The molecule has 20 heavy (non-hydrogen) atoms. The predicted molar refractivity (Wildman–Crippen MR) is 83.4 cm³/mol. The van der Waals surface area contributed by atoms with Crippen LogP contribution in [0, 0.1) is 5.92 Å². The average Bonchev–Trinajstić information content (AvgIpc) is 2.94. The summed E-state index contributed by atoms with van der Waals surface area (Å²) in [7, 11) is 1.75. The first-order valence-corrected chi connectivity index (χ1v) is 7.79. The van der Waals surface area contributed by atoms with Gasteiger partial charge >= 0.3 is 0 Å². The zero-order valence-electron chi connectivity index (χ0n) is 12.8. The van der Waals surface area contributed by atoms with Crippen LogP contribution in [0.3, 0.4) is 0 Å². The highest BCUT2D eigenvalue weighted by Crippen LogP contribution is 2.30. The monoisotopic (exact) mass is 276 g/mol. The molecule has 2 atom stereocenters. The lowest BCUT2D eigenvalue weighted by molar-refractivity contribution is 0.161. The maximum atomic E-state index is 5.93. The molecular formula is C17H28N2O. The van der Waals surface area contributed by atoms with Gasteiger partial charge in [-0.05, 0) is 43.0 Å². The van der Waals surface area contributed by atoms with Crippen LogP contribution in [0.1, 0.15) is 37.3 Å². The third-order valence-corrected chi connectivity index (χ3v) is 4.48. The third-order valence-electron chi connectivity index (χ3n) is 4.48. The molecule has 1 aromatic rings. The van der Waals surface area contributed by atoms with Gasteiger partial charge in [0, 0.05) is 19.7 Å². The van der Waals surface area contributed by atoms with Gasteiger partial charge in [0.05, 0.1) is 6.61 Å². The average molecular weight is 276 g/mol. The Hall–Kier alpha value is -0.900. The molecule has 1 aliphatic rings. The summed E-state index contributed by atoms with van der Waals surface area (Å²) < 4.78 is 5.22. The van der Waals surface area contributed by atoms with Crippen LogP contribution in [0.4, 0.5) is 0 Å². The predicted octanol–water partition coefficient (Wildman–Crippen LogP) is 2.78. The highest BCUT2D eigenvalue weighted by molar-refractivity contribution is 5.23. The van der Waals surface area contributed by atoms with E-state index in [-0.39, 0.29) is 0 Å². The molecular weight excluding hydrogens is 248 g/mol. The fraction of sp³-hybridized carbons (Fsp3) is 0.647. The Balaban J connectivity index is 2.04. The van der Waals surface area contributed by atoms with Crippen LogP contribution in [0.5, 0.6) is 0 Å². The summed E-state index contributed by atoms with van der Waals surface area (Å²) in [6.07, 6.45) is 3.92. The molecule has 1 aromatic carbocycles. The van der Waals surface area contributed by atoms with Crippen LogP contribution in [0.2, 0.25) is 0 Å². The minimum Gasteiger partial charge on any atom is -0.380 e. The van der Waals surface area contributed by atoms with Crippen LogP contribution in [-0.4, -0.2) is 31.1 Å². The van der Waals surface area contributed by atoms with Gasteiger partial charge in [-0.1, -0.05) is 37.6 Å². The van der Waals surface area contributed by atoms with Crippen LogP contribution < -0.4 is 5.73 Å². The summed E-state index contributed by atoms with van der Waals surface area (Å²) in [5.41, 5.74) is 8.56. The number of nitrogens with two attached hydrogens (primary N) is 1. The van der Waals surface area contributed by atoms with E-state index in [4.69, 9.17) is 10.5 Å². The minimum absolute atomic E-state index is 0.663. The van der Waals surface area contributed by atoms with E-state index in [0.29, 0.717) is 18.6 Å². The lowest BCUT2D eigenvalue weighted by Gasteiger charge is -2.32. The largest absolute Gasteiger partial charge is 0.380 e. The Morgan fingerprint density at radius 1 is 1.30 bits per heavy atom. The molecule has 0 amide bonds. The van der Waals surface area contributed by atoms with E-state index in [1.54, 1.807) is 7.11 Å². The Labute approximate surface area is 123 Å². The molecule has 1 saturated carbocycles. The molecule has 1 aliphatic carbocycles. The van der Waals surface area contributed by atoms with Crippen molar-refractivity contribution in [3.63, 3.8) is 0 Å². The summed E-state index contributed by atoms with van der Waals surface area (Å²) in [6, 6.07) is 9.40. The van der Waals surface area contributed by atoms with E-state index in [1.807, 2.05) is 0 Å². The molecule has 1 fully saturated rings. The van der Waals surface area contributed by atoms with Gasteiger partial charge in [0.1, 0.15) is 0 Å². The second-order valence-electron chi connectivity index (χ2n) is 5.81. The molecule has 112 valence electrons. The van der Waals surface area contributed by atoms with E-state index < -0.39 is 0 Å². The second kappa shape index (κ2) is 7.77. The van der Waals surface area contributed by atoms with Gasteiger partial charge in [-0.15, -0.1) is 0 Å². The quantitative estimate of drug-likeness (QED) is 0.832. The topological polar surface area (TPSA) is 38.5 Å². The van der Waals surface area contributed by atoms with E-state index in [1.165, 1.54) is 30.4 Å². The van der Waals surface area contributed by atoms with Crippen molar-refractivity contribution in [2.24, 2.45) is 11.7 Å². The smallest absolute Gasteiger partial charge is 0.0713 e. The maximum absolute atomic E-state index is 5.93. The number of ether oxygens (including phenoxy) is 1. The van der Waals surface area contributed by atoms with Crippen LogP contribution in [0.25, 0.3) is 0 Å². The zero-order valence-corrected chi connectivity index (χ0v) is 12.8. The third kappa shape index (κ3) is 3.81. The number of nitrogens with zero attached hydrogens (tertiary/aromatic N) is 1. The van der Waals surface area contributed by atoms with Crippen molar-refractivity contribution in [1.82, 2.24) is 4.90 Å². The lowest BCUT2D eigenvalue weighted by atomic mass is 10.0. The summed E-state index contributed by atoms with van der Waals surface area (Å²) in [5, 5.41) is 0. The SMILES string of the molecule is CCN(Cc1cccc(COC)c1)C1CCCC1CN. The Kier molecular flexibility index (Phi) is 6.02. The lowest BCUT2D eigenvalue weighted by Crippen LogP contribution is -2.39. The molecule has 0 radical (unpaired) electrons. The van der Waals surface area contributed by atoms with Gasteiger partial charge in [-0.3, -0.25) is 4.90 Å². The number of methoxy groups -OCH3 is 1. The van der Waals surface area contributed by atoms with Crippen molar-refractivity contribution < 1.29 is 4.74 Å². The summed E-state index contributed by atoms with van der Waals surface area (Å²) >= 11 is 0. The van der Waals surface area contributed by atoms with Gasteiger partial charge in [0.25, 0.3) is 0 Å². The second-order valence-corrected chi connectivity index (χ2v) is 5.81. The fourth-order valence-electron chi connectivity index (χ4n) is 3.46. The minimum atomic E-state index is 0.663. The van der Waals surface area contributed by atoms with Crippen molar-refractivity contribution >= 4 is 0 Å². The number of hydrogen-bond acceptors (Lipinski definition) is 3. The van der Waals surface area contributed by atoms with Gasteiger partial charge in [-0.25, -0.2) is 0 Å². The molecule has 2 N–H and O–H groups in total. The van der Waals surface area contributed by atoms with Crippen molar-refractivity contribution in [3.05, 3.63) is 35.4 Å². The number of rotatable bonds is 7. The Bertz CT molecular complexity index is 408. The standard InChI is InChI=1S/C17H28N2O/c1-3-19(17-9-5-8-16(17)11-18)12-14-6-4-7-15(10-14)13-20-2/h4,6-7,10,16-17H,3,5,8-9,11-13,18H2,1-2H3. The van der Waals surface area contributed by atoms with E-state index in [2.05, 4.69) is 36.1 Å². The molecule has 0 saturated heterocycles. The summed E-state index contributed by atoms with van der Waals surface area (Å²) in [5.74, 6) is 0.678. The maximum Gasteiger partial charge on any atom is 0.0713 e. The van der Waals surface area contributed by atoms with Crippen molar-refractivity contribution in [2.75, 3.05) is 20.2 Å². The molecule has 2 unspecified atom stereocenters. The van der Waals surface area contributed by atoms with Crippen LogP contribution in [0.15, 0.2) is 24.3 Å². The highest BCUT2D eigenvalue weighted by Gasteiger charge is 2.30. The van der Waals surface area contributed by atoms with Crippen molar-refractivity contribution in [3.8, 4) is 0 Å². The van der Waals surface area contributed by atoms with E-state index in [0.717, 1.165) is 19.6 Å². The first kappa shape index (κ1) is 15.5. The summed E-state index contributed by atoms with van der Waals surface area (Å²) in [4.78, 5) is 2.59. The molecule has 3 heteroatoms. The molecule has 2 rings (SSSR count). The van der Waals surface area contributed by atoms with Crippen molar-refractivity contribution in [1.29, 1.82) is 0 Å². The Morgan fingerprint density at radius 3 is 2.80 bits per heavy atom. The first-order chi connectivity index (χ1) is 9.78. The molecule has 0 aromatic heterocycles. The zero-order chi connectivity index (χ0) is 14.4. The fourth-order valence-corrected chi connectivity index (χ4v) is 3.46. The first-order valence-electron chi connectivity index (χ1n) is 7.79. The molecule has 0 heterocycles. The van der Waals surface area contributed by atoms with Crippen molar-refractivity contribution in [2.45, 2.75) is 45.4 Å². The summed E-state index contributed by atoms with van der Waals surface area (Å²) in [6.45, 7) is 5.88. The Morgan fingerprint density at radius 2 is 2.10 bits per heavy atom. The number of hydrogen-bond donors (Lipinski definition) is 1. The molecule has 0 spiro atoms. The van der Waals surface area contributed by atoms with Gasteiger partial charge < -0.3 is 10.5 Å². The van der Waals surface area contributed by atoms with Crippen LogP contribution in [-0.2, 0) is 17.9 Å². The molecule has 3 nitrogen and oxygen atoms in total. The van der Waals surface area contributed by atoms with Gasteiger partial charge in [0.15, 0.2) is 0 Å². The molecule has 0 bridgehead atoms. The molecule has 0 aliphatic heterocycles. The van der Waals surface area contributed by atoms with E-state index in [9.17, 15) is 0 Å². The highest BCUT2D eigenvalue weighted by atomic mass is 16.5.